The number of phenols is 1. The number of aromatic hydroxyl groups is 1. The summed E-state index contributed by atoms with van der Waals surface area (Å²) >= 11 is 9.80. The van der Waals surface area contributed by atoms with Crippen LogP contribution < -0.4 is 5.73 Å². The van der Waals surface area contributed by atoms with Gasteiger partial charge in [-0.1, -0.05) is 0 Å². The van der Waals surface area contributed by atoms with Gasteiger partial charge in [0.15, 0.2) is 0 Å². The van der Waals surface area contributed by atoms with Gasteiger partial charge < -0.3 is 15.9 Å². The molecule has 0 saturated heterocycles. The number of rotatable bonds is 2. The van der Waals surface area contributed by atoms with E-state index in [0.717, 1.165) is 4.47 Å². The standard InChI is InChI=1S/C8H8Br3NO2/c9-4-1-3(5(12)2-13)8(14)7(11)6(4)10/h1,5,13-14H,2,12H2/t5-/m1/s1. The summed E-state index contributed by atoms with van der Waals surface area (Å²) in [6.45, 7) is -0.214. The molecule has 0 spiro atoms. The second-order valence-corrected chi connectivity index (χ2v) is 5.15. The van der Waals surface area contributed by atoms with E-state index in [1.54, 1.807) is 6.07 Å². The molecule has 0 radical (unpaired) electrons. The fourth-order valence-corrected chi connectivity index (χ4v) is 2.44. The zero-order chi connectivity index (χ0) is 10.9. The molecule has 0 amide bonds. The average Bonchev–Trinajstić information content (AvgIpc) is 2.19. The Labute approximate surface area is 107 Å². The highest BCUT2D eigenvalue weighted by Gasteiger charge is 2.17. The van der Waals surface area contributed by atoms with Crippen LogP contribution in [0.15, 0.2) is 19.5 Å². The van der Waals surface area contributed by atoms with E-state index >= 15 is 0 Å². The molecule has 1 rings (SSSR count). The minimum Gasteiger partial charge on any atom is -0.506 e. The molecule has 0 aliphatic heterocycles. The number of phenolic OH excluding ortho intramolecular Hbond substituents is 1. The van der Waals surface area contributed by atoms with Crippen molar-refractivity contribution in [3.05, 3.63) is 25.0 Å². The lowest BCUT2D eigenvalue weighted by atomic mass is 10.1. The molecule has 4 N–H and O–H groups in total. The van der Waals surface area contributed by atoms with Crippen LogP contribution in [-0.4, -0.2) is 16.8 Å². The average molecular weight is 390 g/mol. The van der Waals surface area contributed by atoms with Gasteiger partial charge >= 0.3 is 0 Å². The van der Waals surface area contributed by atoms with E-state index in [1.165, 1.54) is 0 Å². The Bertz CT molecular complexity index is 357. The van der Waals surface area contributed by atoms with Gasteiger partial charge in [0, 0.05) is 14.5 Å². The fraction of sp³-hybridized carbons (Fsp3) is 0.250. The molecular weight excluding hydrogens is 382 g/mol. The maximum Gasteiger partial charge on any atom is 0.135 e. The van der Waals surface area contributed by atoms with Crippen molar-refractivity contribution in [2.45, 2.75) is 6.04 Å². The lowest BCUT2D eigenvalue weighted by molar-refractivity contribution is 0.265. The van der Waals surface area contributed by atoms with Gasteiger partial charge in [0.2, 0.25) is 0 Å². The Kier molecular flexibility index (Phi) is 4.39. The predicted octanol–water partition coefficient (Wildman–Crippen LogP) is 2.67. The van der Waals surface area contributed by atoms with Crippen LogP contribution in [0.4, 0.5) is 0 Å². The van der Waals surface area contributed by atoms with Crippen molar-refractivity contribution < 1.29 is 10.2 Å². The first-order valence-electron chi connectivity index (χ1n) is 3.71. The van der Waals surface area contributed by atoms with Crippen molar-refractivity contribution in [3.8, 4) is 5.75 Å². The number of nitrogens with two attached hydrogens (primary N) is 1. The van der Waals surface area contributed by atoms with E-state index in [2.05, 4.69) is 47.8 Å². The van der Waals surface area contributed by atoms with Crippen LogP contribution in [0.3, 0.4) is 0 Å². The zero-order valence-electron chi connectivity index (χ0n) is 6.97. The highest BCUT2D eigenvalue weighted by molar-refractivity contribution is 9.14. The van der Waals surface area contributed by atoms with Crippen molar-refractivity contribution in [2.24, 2.45) is 5.73 Å². The first-order chi connectivity index (χ1) is 6.49. The summed E-state index contributed by atoms with van der Waals surface area (Å²) in [7, 11) is 0. The summed E-state index contributed by atoms with van der Waals surface area (Å²) < 4.78 is 2.00. The first-order valence-corrected chi connectivity index (χ1v) is 6.09. The Balaban J connectivity index is 3.33. The van der Waals surface area contributed by atoms with E-state index in [9.17, 15) is 5.11 Å². The molecule has 0 aromatic heterocycles. The summed E-state index contributed by atoms with van der Waals surface area (Å²) in [5.41, 5.74) is 6.11. The maximum atomic E-state index is 9.72. The van der Waals surface area contributed by atoms with Crippen molar-refractivity contribution in [2.75, 3.05) is 6.61 Å². The van der Waals surface area contributed by atoms with Crippen LogP contribution in [0, 0.1) is 0 Å². The zero-order valence-corrected chi connectivity index (χ0v) is 11.7. The SMILES string of the molecule is N[C@H](CO)c1cc(Br)c(Br)c(Br)c1O. The summed E-state index contributed by atoms with van der Waals surface area (Å²) in [6.07, 6.45) is 0. The topological polar surface area (TPSA) is 66.5 Å². The smallest absolute Gasteiger partial charge is 0.135 e. The van der Waals surface area contributed by atoms with Gasteiger partial charge in [-0.05, 0) is 53.9 Å². The second-order valence-electron chi connectivity index (χ2n) is 2.71. The molecule has 1 aromatic rings. The molecule has 0 fully saturated rings. The number of aliphatic hydroxyl groups excluding tert-OH is 1. The highest BCUT2D eigenvalue weighted by Crippen LogP contribution is 2.41. The quantitative estimate of drug-likeness (QED) is 0.681. The van der Waals surface area contributed by atoms with Gasteiger partial charge in [-0.25, -0.2) is 0 Å². The molecule has 0 aliphatic carbocycles. The molecule has 0 unspecified atom stereocenters. The van der Waals surface area contributed by atoms with Crippen LogP contribution in [-0.2, 0) is 0 Å². The predicted molar refractivity (Wildman–Crippen MR) is 65.2 cm³/mol. The molecule has 6 heteroatoms. The van der Waals surface area contributed by atoms with Gasteiger partial charge in [-0.3, -0.25) is 0 Å². The molecule has 0 aliphatic rings. The molecule has 0 saturated carbocycles. The Hall–Kier alpha value is 0.380. The van der Waals surface area contributed by atoms with E-state index in [1.807, 2.05) is 0 Å². The molecule has 0 bridgehead atoms. The van der Waals surface area contributed by atoms with Crippen molar-refractivity contribution in [3.63, 3.8) is 0 Å². The molecule has 0 heterocycles. The maximum absolute atomic E-state index is 9.72. The molecular formula is C8H8Br3NO2. The molecule has 3 nitrogen and oxygen atoms in total. The third kappa shape index (κ3) is 2.30. The van der Waals surface area contributed by atoms with E-state index in [-0.39, 0.29) is 12.4 Å². The highest BCUT2D eigenvalue weighted by atomic mass is 79.9. The Morgan fingerprint density at radius 3 is 2.36 bits per heavy atom. The van der Waals surface area contributed by atoms with Gasteiger partial charge in [-0.15, -0.1) is 0 Å². The normalized spacial score (nSPS) is 12.9. The lowest BCUT2D eigenvalue weighted by Gasteiger charge is -2.14. The molecule has 1 aromatic carbocycles. The minimum atomic E-state index is -0.587. The number of benzene rings is 1. The fourth-order valence-electron chi connectivity index (χ4n) is 0.985. The van der Waals surface area contributed by atoms with Crippen molar-refractivity contribution >= 4 is 47.8 Å². The second kappa shape index (κ2) is 4.94. The van der Waals surface area contributed by atoms with Gasteiger partial charge in [-0.2, -0.15) is 0 Å². The summed E-state index contributed by atoms with van der Waals surface area (Å²) in [6, 6.07) is 1.08. The number of hydrogen-bond donors (Lipinski definition) is 3. The van der Waals surface area contributed by atoms with Gasteiger partial charge in [0.05, 0.1) is 17.1 Å². The number of halogens is 3. The van der Waals surface area contributed by atoms with E-state index in [4.69, 9.17) is 10.8 Å². The monoisotopic (exact) mass is 387 g/mol. The number of hydrogen-bond acceptors (Lipinski definition) is 3. The molecule has 14 heavy (non-hydrogen) atoms. The van der Waals surface area contributed by atoms with Crippen LogP contribution >= 0.6 is 47.8 Å². The first kappa shape index (κ1) is 12.4. The third-order valence-corrected chi connectivity index (χ3v) is 5.05. The summed E-state index contributed by atoms with van der Waals surface area (Å²) in [5, 5.41) is 18.6. The minimum absolute atomic E-state index is 0.0432. The van der Waals surface area contributed by atoms with Crippen LogP contribution in [0.5, 0.6) is 5.75 Å². The lowest BCUT2D eigenvalue weighted by Crippen LogP contribution is -2.14. The number of aliphatic hydroxyl groups is 1. The van der Waals surface area contributed by atoms with Crippen molar-refractivity contribution in [1.82, 2.24) is 0 Å². The van der Waals surface area contributed by atoms with Gasteiger partial charge in [0.25, 0.3) is 0 Å². The summed E-state index contributed by atoms with van der Waals surface area (Å²) in [5.74, 6) is 0.0432. The molecule has 78 valence electrons. The van der Waals surface area contributed by atoms with Crippen LogP contribution in [0.2, 0.25) is 0 Å². The third-order valence-electron chi connectivity index (χ3n) is 1.76. The van der Waals surface area contributed by atoms with E-state index in [0.29, 0.717) is 14.5 Å². The van der Waals surface area contributed by atoms with Gasteiger partial charge in [0.1, 0.15) is 5.75 Å². The van der Waals surface area contributed by atoms with Crippen LogP contribution in [0.25, 0.3) is 0 Å². The Morgan fingerprint density at radius 1 is 1.29 bits per heavy atom. The van der Waals surface area contributed by atoms with Crippen LogP contribution in [0.1, 0.15) is 11.6 Å². The summed E-state index contributed by atoms with van der Waals surface area (Å²) in [4.78, 5) is 0. The Morgan fingerprint density at radius 2 is 1.86 bits per heavy atom. The largest absolute Gasteiger partial charge is 0.506 e. The van der Waals surface area contributed by atoms with Crippen molar-refractivity contribution in [1.29, 1.82) is 0 Å². The van der Waals surface area contributed by atoms with E-state index < -0.39 is 6.04 Å². The molecule has 1 atom stereocenters.